The number of amides is 1. The fourth-order valence-corrected chi connectivity index (χ4v) is 6.95. The van der Waals surface area contributed by atoms with E-state index in [4.69, 9.17) is 4.74 Å². The molecule has 32 heavy (non-hydrogen) atoms. The largest absolute Gasteiger partial charge is 0.455 e. The predicted octanol–water partition coefficient (Wildman–Crippen LogP) is 5.16. The van der Waals surface area contributed by atoms with E-state index in [1.165, 1.54) is 38.5 Å². The highest BCUT2D eigenvalue weighted by molar-refractivity contribution is 5.81. The molecule has 4 saturated carbocycles. The maximum atomic E-state index is 12.5. The second kappa shape index (κ2) is 8.73. The Bertz CT molecular complexity index is 931. The molecule has 2 aromatic carbocycles. The molecule has 4 heteroatoms. The van der Waals surface area contributed by atoms with Crippen LogP contribution in [-0.4, -0.2) is 24.5 Å². The molecule has 2 aromatic rings. The van der Waals surface area contributed by atoms with Crippen LogP contribution in [0.15, 0.2) is 54.6 Å². The Morgan fingerprint density at radius 1 is 0.906 bits per heavy atom. The quantitative estimate of drug-likeness (QED) is 0.616. The molecule has 0 unspecified atom stereocenters. The van der Waals surface area contributed by atoms with Crippen LogP contribution in [0.25, 0.3) is 11.1 Å². The van der Waals surface area contributed by atoms with E-state index in [1.54, 1.807) is 0 Å². The van der Waals surface area contributed by atoms with E-state index in [-0.39, 0.29) is 36.4 Å². The zero-order valence-corrected chi connectivity index (χ0v) is 18.9. The van der Waals surface area contributed by atoms with E-state index >= 15 is 0 Å². The Balaban J connectivity index is 1.09. The monoisotopic (exact) mass is 431 g/mol. The van der Waals surface area contributed by atoms with E-state index < -0.39 is 0 Å². The molecule has 1 atom stereocenters. The van der Waals surface area contributed by atoms with Crippen LogP contribution in [0.3, 0.4) is 0 Å². The molecule has 4 aliphatic carbocycles. The zero-order chi connectivity index (χ0) is 22.1. The number of hydrogen-bond donors (Lipinski definition) is 1. The highest BCUT2D eigenvalue weighted by atomic mass is 16.5. The van der Waals surface area contributed by atoms with Crippen LogP contribution >= 0.6 is 0 Å². The van der Waals surface area contributed by atoms with E-state index in [1.807, 2.05) is 42.5 Å². The van der Waals surface area contributed by atoms with Crippen LogP contribution in [0, 0.1) is 23.2 Å². The third-order valence-electron chi connectivity index (χ3n) is 8.16. The van der Waals surface area contributed by atoms with Gasteiger partial charge in [-0.05, 0) is 85.3 Å². The van der Waals surface area contributed by atoms with Gasteiger partial charge in [0.25, 0.3) is 5.91 Å². The number of rotatable bonds is 7. The second-order valence-corrected chi connectivity index (χ2v) is 10.5. The lowest BCUT2D eigenvalue weighted by atomic mass is 9.48. The number of carbonyl (C=O) groups excluding carboxylic acids is 2. The molecule has 1 N–H and O–H groups in total. The Morgan fingerprint density at radius 2 is 1.47 bits per heavy atom. The van der Waals surface area contributed by atoms with E-state index in [2.05, 4.69) is 24.4 Å². The van der Waals surface area contributed by atoms with Crippen molar-refractivity contribution >= 4 is 11.9 Å². The molecule has 0 heterocycles. The summed E-state index contributed by atoms with van der Waals surface area (Å²) in [6, 6.07) is 18.2. The van der Waals surface area contributed by atoms with Crippen molar-refractivity contribution in [2.75, 3.05) is 6.61 Å². The topological polar surface area (TPSA) is 55.4 Å². The molecule has 6 rings (SSSR count). The Kier molecular flexibility index (Phi) is 5.79. The number of esters is 1. The zero-order valence-electron chi connectivity index (χ0n) is 18.9. The van der Waals surface area contributed by atoms with Crippen molar-refractivity contribution in [1.29, 1.82) is 0 Å². The molecule has 0 aromatic heterocycles. The first kappa shape index (κ1) is 21.2. The van der Waals surface area contributed by atoms with Gasteiger partial charge in [0.15, 0.2) is 6.61 Å². The van der Waals surface area contributed by atoms with Gasteiger partial charge in [-0.25, -0.2) is 0 Å². The van der Waals surface area contributed by atoms with E-state index in [9.17, 15) is 9.59 Å². The van der Waals surface area contributed by atoms with Crippen molar-refractivity contribution in [2.45, 2.75) is 57.9 Å². The van der Waals surface area contributed by atoms with Crippen molar-refractivity contribution < 1.29 is 14.3 Å². The first-order chi connectivity index (χ1) is 15.5. The molecule has 0 saturated heterocycles. The summed E-state index contributed by atoms with van der Waals surface area (Å²) in [6.45, 7) is 1.96. The predicted molar refractivity (Wildman–Crippen MR) is 125 cm³/mol. The van der Waals surface area contributed by atoms with Crippen molar-refractivity contribution in [1.82, 2.24) is 5.32 Å². The lowest BCUT2D eigenvalue weighted by Gasteiger charge is -2.59. The van der Waals surface area contributed by atoms with Crippen molar-refractivity contribution in [3.63, 3.8) is 0 Å². The van der Waals surface area contributed by atoms with Crippen molar-refractivity contribution in [3.8, 4) is 11.1 Å². The fourth-order valence-electron chi connectivity index (χ4n) is 6.95. The van der Waals surface area contributed by atoms with Gasteiger partial charge in [0.2, 0.25) is 0 Å². The van der Waals surface area contributed by atoms with Crippen LogP contribution in [0.4, 0.5) is 0 Å². The number of nitrogens with one attached hydrogen (secondary N) is 1. The third kappa shape index (κ3) is 4.46. The van der Waals surface area contributed by atoms with Gasteiger partial charge in [-0.15, -0.1) is 0 Å². The summed E-state index contributed by atoms with van der Waals surface area (Å²) in [7, 11) is 0. The summed E-state index contributed by atoms with van der Waals surface area (Å²) in [4.78, 5) is 24.8. The van der Waals surface area contributed by atoms with Gasteiger partial charge in [0.05, 0.1) is 6.42 Å². The average Bonchev–Trinajstić information content (AvgIpc) is 2.78. The maximum Gasteiger partial charge on any atom is 0.310 e. The molecule has 4 nitrogen and oxygen atoms in total. The average molecular weight is 432 g/mol. The van der Waals surface area contributed by atoms with Crippen LogP contribution < -0.4 is 5.32 Å². The minimum Gasteiger partial charge on any atom is -0.455 e. The molecule has 1 amide bonds. The van der Waals surface area contributed by atoms with Crippen LogP contribution in [0.5, 0.6) is 0 Å². The second-order valence-electron chi connectivity index (χ2n) is 10.5. The third-order valence-corrected chi connectivity index (χ3v) is 8.16. The van der Waals surface area contributed by atoms with Crippen LogP contribution in [0.2, 0.25) is 0 Å². The molecular weight excluding hydrogens is 398 g/mol. The number of carbonyl (C=O) groups is 2. The van der Waals surface area contributed by atoms with E-state index in [0.717, 1.165) is 34.4 Å². The summed E-state index contributed by atoms with van der Waals surface area (Å²) in [5, 5.41) is 3.17. The highest BCUT2D eigenvalue weighted by Crippen LogP contribution is 2.61. The summed E-state index contributed by atoms with van der Waals surface area (Å²) < 4.78 is 5.29. The summed E-state index contributed by atoms with van der Waals surface area (Å²) >= 11 is 0. The highest BCUT2D eigenvalue weighted by Gasteiger charge is 2.53. The summed E-state index contributed by atoms with van der Waals surface area (Å²) in [6.07, 6.45) is 8.10. The maximum absolute atomic E-state index is 12.5. The fraction of sp³-hybridized carbons (Fsp3) is 0.500. The van der Waals surface area contributed by atoms with Gasteiger partial charge >= 0.3 is 5.97 Å². The van der Waals surface area contributed by atoms with Crippen LogP contribution in [0.1, 0.15) is 51.0 Å². The lowest BCUT2D eigenvalue weighted by molar-refractivity contribution is -0.148. The Morgan fingerprint density at radius 3 is 2.06 bits per heavy atom. The standard InChI is InChI=1S/C28H33NO3/c1-19(28-15-21-11-22(16-28)13-23(12-21)17-28)29-26(30)18-32-27(31)14-20-7-9-25(10-8-20)24-5-3-2-4-6-24/h2-10,19,21-23H,11-18H2,1H3,(H,29,30)/t19-,21?,22?,23?,28?/m0/s1. The SMILES string of the molecule is C[C@H](NC(=O)COC(=O)Cc1ccc(-c2ccccc2)cc1)C12CC3CC(CC(C3)C1)C2. The minimum absolute atomic E-state index is 0.146. The number of benzene rings is 2. The molecule has 0 aliphatic heterocycles. The minimum atomic E-state index is -0.366. The van der Waals surface area contributed by atoms with Gasteiger partial charge in [0.1, 0.15) is 0 Å². The molecular formula is C28H33NO3. The normalized spacial score (nSPS) is 28.8. The van der Waals surface area contributed by atoms with Gasteiger partial charge in [-0.3, -0.25) is 9.59 Å². The van der Waals surface area contributed by atoms with Crippen molar-refractivity contribution in [3.05, 3.63) is 60.2 Å². The summed E-state index contributed by atoms with van der Waals surface area (Å²) in [5.41, 5.74) is 3.40. The van der Waals surface area contributed by atoms with Crippen LogP contribution in [-0.2, 0) is 20.7 Å². The first-order valence-corrected chi connectivity index (χ1v) is 12.1. The molecule has 168 valence electrons. The number of ether oxygens (including phenoxy) is 1. The lowest BCUT2D eigenvalue weighted by Crippen LogP contribution is -2.56. The molecule has 4 fully saturated rings. The van der Waals surface area contributed by atoms with Gasteiger partial charge in [0, 0.05) is 6.04 Å². The number of hydrogen-bond acceptors (Lipinski definition) is 3. The Hall–Kier alpha value is -2.62. The molecule has 4 aliphatic rings. The Labute approximate surface area is 190 Å². The van der Waals surface area contributed by atoms with Crippen molar-refractivity contribution in [2.24, 2.45) is 23.2 Å². The first-order valence-electron chi connectivity index (χ1n) is 12.1. The van der Waals surface area contributed by atoms with E-state index in [0.29, 0.717) is 0 Å². The van der Waals surface area contributed by atoms with Gasteiger partial charge < -0.3 is 10.1 Å². The van der Waals surface area contributed by atoms with Gasteiger partial charge in [-0.1, -0.05) is 54.6 Å². The van der Waals surface area contributed by atoms with Gasteiger partial charge in [-0.2, -0.15) is 0 Å². The summed E-state index contributed by atoms with van der Waals surface area (Å²) in [5.74, 6) is 2.02. The molecule has 4 bridgehead atoms. The molecule has 0 spiro atoms. The molecule has 0 radical (unpaired) electrons. The smallest absolute Gasteiger partial charge is 0.310 e.